The third-order valence-corrected chi connectivity index (χ3v) is 4.94. The Bertz CT molecular complexity index is 312. The summed E-state index contributed by atoms with van der Waals surface area (Å²) in [6.07, 6.45) is 4.01. The Labute approximate surface area is 98.6 Å². The Hall–Kier alpha value is -0.170. The molecule has 6 heteroatoms. The average molecular weight is 249 g/mol. The predicted octanol–water partition coefficient (Wildman–Crippen LogP) is 0.292. The average Bonchev–Trinajstić information content (AvgIpc) is 3.04. The van der Waals surface area contributed by atoms with Crippen molar-refractivity contribution in [2.75, 3.05) is 26.7 Å². The molecule has 1 fully saturated rings. The first-order valence-corrected chi connectivity index (χ1v) is 7.31. The summed E-state index contributed by atoms with van der Waals surface area (Å²) in [6.45, 7) is 3.67. The van der Waals surface area contributed by atoms with Crippen molar-refractivity contribution in [1.29, 1.82) is 0 Å². The molecule has 0 aromatic rings. The SMILES string of the molecule is CCC1(CNS(=O)(=O)N(C)CCCN)CC1. The molecule has 1 aliphatic rings. The molecule has 0 heterocycles. The van der Waals surface area contributed by atoms with Gasteiger partial charge in [-0.05, 0) is 37.6 Å². The number of nitrogens with one attached hydrogen (secondary N) is 1. The fourth-order valence-electron chi connectivity index (χ4n) is 1.62. The van der Waals surface area contributed by atoms with Gasteiger partial charge < -0.3 is 5.73 Å². The summed E-state index contributed by atoms with van der Waals surface area (Å²) >= 11 is 0. The largest absolute Gasteiger partial charge is 0.330 e. The lowest BCUT2D eigenvalue weighted by Gasteiger charge is -2.20. The van der Waals surface area contributed by atoms with E-state index in [0.717, 1.165) is 19.3 Å². The number of nitrogens with zero attached hydrogens (tertiary/aromatic N) is 1. The van der Waals surface area contributed by atoms with Gasteiger partial charge in [-0.2, -0.15) is 12.7 Å². The monoisotopic (exact) mass is 249 g/mol. The Morgan fingerprint density at radius 2 is 2.06 bits per heavy atom. The van der Waals surface area contributed by atoms with Crippen LogP contribution in [-0.2, 0) is 10.2 Å². The van der Waals surface area contributed by atoms with E-state index in [1.165, 1.54) is 4.31 Å². The van der Waals surface area contributed by atoms with E-state index in [1.807, 2.05) is 0 Å². The second kappa shape index (κ2) is 5.44. The molecule has 0 saturated heterocycles. The van der Waals surface area contributed by atoms with Crippen molar-refractivity contribution in [2.45, 2.75) is 32.6 Å². The molecule has 3 N–H and O–H groups in total. The van der Waals surface area contributed by atoms with Gasteiger partial charge in [0, 0.05) is 20.1 Å². The van der Waals surface area contributed by atoms with Crippen molar-refractivity contribution in [3.05, 3.63) is 0 Å². The first-order valence-electron chi connectivity index (χ1n) is 5.87. The fourth-order valence-corrected chi connectivity index (χ4v) is 2.70. The van der Waals surface area contributed by atoms with Gasteiger partial charge in [-0.1, -0.05) is 6.92 Å². The standard InChI is InChI=1S/C10H23N3O2S/c1-3-10(5-6-10)9-12-16(14,15)13(2)8-4-7-11/h12H,3-9,11H2,1-2H3. The first-order chi connectivity index (χ1) is 7.46. The van der Waals surface area contributed by atoms with Crippen molar-refractivity contribution < 1.29 is 8.42 Å². The van der Waals surface area contributed by atoms with Gasteiger partial charge >= 0.3 is 0 Å². The number of rotatable bonds is 8. The molecule has 96 valence electrons. The highest BCUT2D eigenvalue weighted by Crippen LogP contribution is 2.47. The maximum atomic E-state index is 11.8. The molecular formula is C10H23N3O2S. The van der Waals surface area contributed by atoms with Gasteiger partial charge in [0.15, 0.2) is 0 Å². The minimum Gasteiger partial charge on any atom is -0.330 e. The Morgan fingerprint density at radius 3 is 2.50 bits per heavy atom. The summed E-state index contributed by atoms with van der Waals surface area (Å²) < 4.78 is 27.6. The van der Waals surface area contributed by atoms with Crippen molar-refractivity contribution in [3.8, 4) is 0 Å². The summed E-state index contributed by atoms with van der Waals surface area (Å²) in [6, 6.07) is 0. The highest BCUT2D eigenvalue weighted by atomic mass is 32.2. The normalized spacial score (nSPS) is 19.0. The molecule has 0 spiro atoms. The molecule has 0 amide bonds. The minimum absolute atomic E-state index is 0.238. The molecule has 16 heavy (non-hydrogen) atoms. The fraction of sp³-hybridized carbons (Fsp3) is 1.00. The molecule has 0 radical (unpaired) electrons. The van der Waals surface area contributed by atoms with Crippen LogP contribution in [-0.4, -0.2) is 39.4 Å². The van der Waals surface area contributed by atoms with E-state index in [2.05, 4.69) is 11.6 Å². The van der Waals surface area contributed by atoms with Crippen LogP contribution in [0.2, 0.25) is 0 Å². The van der Waals surface area contributed by atoms with Crippen LogP contribution in [0.1, 0.15) is 32.6 Å². The smallest absolute Gasteiger partial charge is 0.279 e. The lowest BCUT2D eigenvalue weighted by molar-refractivity contribution is 0.429. The second-order valence-corrected chi connectivity index (χ2v) is 6.51. The van der Waals surface area contributed by atoms with Gasteiger partial charge in [0.25, 0.3) is 10.2 Å². The molecule has 0 bridgehead atoms. The summed E-state index contributed by atoms with van der Waals surface area (Å²) in [5.41, 5.74) is 5.59. The lowest BCUT2D eigenvalue weighted by atomic mass is 10.1. The summed E-state index contributed by atoms with van der Waals surface area (Å²) in [5.74, 6) is 0. The zero-order valence-corrected chi connectivity index (χ0v) is 11.0. The van der Waals surface area contributed by atoms with Crippen LogP contribution in [0, 0.1) is 5.41 Å². The van der Waals surface area contributed by atoms with Crippen molar-refractivity contribution in [2.24, 2.45) is 11.1 Å². The van der Waals surface area contributed by atoms with Crippen molar-refractivity contribution in [3.63, 3.8) is 0 Å². The highest BCUT2D eigenvalue weighted by molar-refractivity contribution is 7.87. The Balaban J connectivity index is 2.39. The van der Waals surface area contributed by atoms with E-state index < -0.39 is 10.2 Å². The number of nitrogens with two attached hydrogens (primary N) is 1. The summed E-state index contributed by atoms with van der Waals surface area (Å²) in [5, 5.41) is 0. The van der Waals surface area contributed by atoms with Crippen LogP contribution in [0.5, 0.6) is 0 Å². The third-order valence-electron chi connectivity index (χ3n) is 3.42. The van der Waals surface area contributed by atoms with E-state index >= 15 is 0 Å². The minimum atomic E-state index is -3.31. The molecule has 0 aromatic carbocycles. The van der Waals surface area contributed by atoms with Gasteiger partial charge in [-0.15, -0.1) is 0 Å². The van der Waals surface area contributed by atoms with E-state index in [-0.39, 0.29) is 5.41 Å². The molecule has 0 atom stereocenters. The molecule has 0 unspecified atom stereocenters. The Morgan fingerprint density at radius 1 is 1.44 bits per heavy atom. The van der Waals surface area contributed by atoms with E-state index in [9.17, 15) is 8.42 Å². The van der Waals surface area contributed by atoms with Crippen LogP contribution in [0.4, 0.5) is 0 Å². The van der Waals surface area contributed by atoms with Gasteiger partial charge in [0.05, 0.1) is 0 Å². The van der Waals surface area contributed by atoms with Crippen LogP contribution < -0.4 is 10.5 Å². The third kappa shape index (κ3) is 3.69. The molecule has 1 rings (SSSR count). The molecule has 0 aliphatic heterocycles. The zero-order chi connectivity index (χ0) is 12.2. The van der Waals surface area contributed by atoms with Crippen molar-refractivity contribution in [1.82, 2.24) is 9.03 Å². The molecule has 1 saturated carbocycles. The molecule has 5 nitrogen and oxygen atoms in total. The summed E-state index contributed by atoms with van der Waals surface area (Å²) in [7, 11) is -1.72. The first kappa shape index (κ1) is 13.9. The predicted molar refractivity (Wildman–Crippen MR) is 65.2 cm³/mol. The van der Waals surface area contributed by atoms with E-state index in [0.29, 0.717) is 26.1 Å². The summed E-state index contributed by atoms with van der Waals surface area (Å²) in [4.78, 5) is 0. The Kier molecular flexibility index (Phi) is 4.73. The second-order valence-electron chi connectivity index (χ2n) is 4.64. The van der Waals surface area contributed by atoms with E-state index in [1.54, 1.807) is 7.05 Å². The van der Waals surface area contributed by atoms with Crippen molar-refractivity contribution >= 4 is 10.2 Å². The molecular weight excluding hydrogens is 226 g/mol. The van der Waals surface area contributed by atoms with Crippen LogP contribution in [0.25, 0.3) is 0 Å². The van der Waals surface area contributed by atoms with E-state index in [4.69, 9.17) is 5.73 Å². The number of hydrogen-bond donors (Lipinski definition) is 2. The van der Waals surface area contributed by atoms with Gasteiger partial charge in [0.2, 0.25) is 0 Å². The van der Waals surface area contributed by atoms with Gasteiger partial charge in [-0.3, -0.25) is 0 Å². The number of hydrogen-bond acceptors (Lipinski definition) is 3. The lowest BCUT2D eigenvalue weighted by Crippen LogP contribution is -2.41. The molecule has 0 aromatic heterocycles. The zero-order valence-electron chi connectivity index (χ0n) is 10.2. The van der Waals surface area contributed by atoms with Gasteiger partial charge in [0.1, 0.15) is 0 Å². The quantitative estimate of drug-likeness (QED) is 0.649. The van der Waals surface area contributed by atoms with Crippen LogP contribution in [0.3, 0.4) is 0 Å². The van der Waals surface area contributed by atoms with Crippen LogP contribution >= 0.6 is 0 Å². The molecule has 1 aliphatic carbocycles. The van der Waals surface area contributed by atoms with Crippen LogP contribution in [0.15, 0.2) is 0 Å². The highest BCUT2D eigenvalue weighted by Gasteiger charge is 2.41. The maximum Gasteiger partial charge on any atom is 0.279 e. The van der Waals surface area contributed by atoms with Gasteiger partial charge in [-0.25, -0.2) is 4.72 Å². The topological polar surface area (TPSA) is 75.4 Å². The maximum absolute atomic E-state index is 11.8.